The summed E-state index contributed by atoms with van der Waals surface area (Å²) in [5.41, 5.74) is 1.67. The zero-order valence-electron chi connectivity index (χ0n) is 12.8. The highest BCUT2D eigenvalue weighted by Crippen LogP contribution is 2.22. The van der Waals surface area contributed by atoms with E-state index in [0.29, 0.717) is 18.7 Å². The molecule has 6 nitrogen and oxygen atoms in total. The van der Waals surface area contributed by atoms with Crippen LogP contribution in [-0.4, -0.2) is 44.3 Å². The van der Waals surface area contributed by atoms with Crippen LogP contribution >= 0.6 is 0 Å². The summed E-state index contributed by atoms with van der Waals surface area (Å²) >= 11 is 0. The average Bonchev–Trinajstić information content (AvgIpc) is 3.18. The predicted molar refractivity (Wildman–Crippen MR) is 84.1 cm³/mol. The molecule has 1 amide bonds. The van der Waals surface area contributed by atoms with Crippen molar-refractivity contribution in [2.24, 2.45) is 0 Å². The number of likely N-dealkylation sites (tertiary alicyclic amines) is 1. The molecule has 3 rings (SSSR count). The molecule has 120 valence electrons. The van der Waals surface area contributed by atoms with Crippen LogP contribution in [0.3, 0.4) is 0 Å². The average molecular weight is 313 g/mol. The van der Waals surface area contributed by atoms with Gasteiger partial charge in [0.1, 0.15) is 0 Å². The van der Waals surface area contributed by atoms with Crippen molar-refractivity contribution in [2.75, 3.05) is 6.54 Å². The van der Waals surface area contributed by atoms with Gasteiger partial charge in [-0.2, -0.15) is 5.10 Å². The standard InChI is InChI=1S/C17H19N3O3/c21-16(22)11-15-3-1-10-20(15)17(23)14-6-4-13(5-7-14)12-19-9-2-8-18-19/h2,4-9,15H,1,3,10-12H2,(H,21,22). The Balaban J connectivity index is 1.68. The fraction of sp³-hybridized carbons (Fsp3) is 0.353. The molecule has 23 heavy (non-hydrogen) atoms. The van der Waals surface area contributed by atoms with Crippen molar-refractivity contribution in [3.63, 3.8) is 0 Å². The van der Waals surface area contributed by atoms with Crippen molar-refractivity contribution in [3.8, 4) is 0 Å². The van der Waals surface area contributed by atoms with Crippen molar-refractivity contribution in [2.45, 2.75) is 31.8 Å². The maximum atomic E-state index is 12.6. The summed E-state index contributed by atoms with van der Waals surface area (Å²) in [6.45, 7) is 1.29. The molecule has 1 N–H and O–H groups in total. The number of aliphatic carboxylic acids is 1. The lowest BCUT2D eigenvalue weighted by Crippen LogP contribution is -2.36. The van der Waals surface area contributed by atoms with Crippen molar-refractivity contribution < 1.29 is 14.7 Å². The molecule has 0 aliphatic carbocycles. The number of amides is 1. The van der Waals surface area contributed by atoms with Crippen LogP contribution < -0.4 is 0 Å². The fourth-order valence-corrected chi connectivity index (χ4v) is 3.02. The minimum Gasteiger partial charge on any atom is -0.481 e. The molecule has 1 aliphatic rings. The predicted octanol–water partition coefficient (Wildman–Crippen LogP) is 2.01. The van der Waals surface area contributed by atoms with Crippen LogP contribution in [0.4, 0.5) is 0 Å². The van der Waals surface area contributed by atoms with E-state index in [0.717, 1.165) is 18.4 Å². The molecule has 1 aromatic carbocycles. The molecule has 0 spiro atoms. The SMILES string of the molecule is O=C(O)CC1CCCN1C(=O)c1ccc(Cn2cccn2)cc1. The highest BCUT2D eigenvalue weighted by molar-refractivity contribution is 5.94. The number of aromatic nitrogens is 2. The van der Waals surface area contributed by atoms with Gasteiger partial charge in [-0.3, -0.25) is 14.3 Å². The van der Waals surface area contributed by atoms with Gasteiger partial charge in [0, 0.05) is 30.5 Å². The first kappa shape index (κ1) is 15.3. The van der Waals surface area contributed by atoms with Gasteiger partial charge in [0.05, 0.1) is 13.0 Å². The third-order valence-electron chi connectivity index (χ3n) is 4.15. The van der Waals surface area contributed by atoms with E-state index in [4.69, 9.17) is 5.11 Å². The van der Waals surface area contributed by atoms with Crippen molar-refractivity contribution >= 4 is 11.9 Å². The molecule has 1 saturated heterocycles. The maximum absolute atomic E-state index is 12.6. The third kappa shape index (κ3) is 3.59. The number of hydrogen-bond donors (Lipinski definition) is 1. The van der Waals surface area contributed by atoms with Gasteiger partial charge in [-0.15, -0.1) is 0 Å². The summed E-state index contributed by atoms with van der Waals surface area (Å²) in [5.74, 6) is -0.941. The van der Waals surface area contributed by atoms with Gasteiger partial charge < -0.3 is 10.0 Å². The minimum absolute atomic E-state index is 0.0170. The number of carbonyl (C=O) groups is 2. The fourth-order valence-electron chi connectivity index (χ4n) is 3.02. The molecule has 0 bridgehead atoms. The normalized spacial score (nSPS) is 17.4. The second-order valence-electron chi connectivity index (χ2n) is 5.79. The molecule has 0 radical (unpaired) electrons. The molecule has 2 aromatic rings. The van der Waals surface area contributed by atoms with Crippen LogP contribution in [0.15, 0.2) is 42.7 Å². The van der Waals surface area contributed by atoms with Gasteiger partial charge >= 0.3 is 5.97 Å². The number of rotatable bonds is 5. The largest absolute Gasteiger partial charge is 0.481 e. The van der Waals surface area contributed by atoms with Crippen LogP contribution in [0, 0.1) is 0 Å². The molecular formula is C17H19N3O3. The minimum atomic E-state index is -0.857. The number of hydrogen-bond acceptors (Lipinski definition) is 3. The van der Waals surface area contributed by atoms with Crippen LogP contribution in [0.1, 0.15) is 35.2 Å². The van der Waals surface area contributed by atoms with Crippen molar-refractivity contribution in [1.82, 2.24) is 14.7 Å². The summed E-state index contributed by atoms with van der Waals surface area (Å²) in [6.07, 6.45) is 5.26. The first-order valence-corrected chi connectivity index (χ1v) is 7.72. The number of carboxylic acid groups (broad SMARTS) is 1. The van der Waals surface area contributed by atoms with Crippen LogP contribution in [0.2, 0.25) is 0 Å². The number of nitrogens with zero attached hydrogens (tertiary/aromatic N) is 3. The van der Waals surface area contributed by atoms with E-state index in [1.165, 1.54) is 0 Å². The van der Waals surface area contributed by atoms with Gasteiger partial charge in [0.2, 0.25) is 0 Å². The first-order valence-electron chi connectivity index (χ1n) is 7.72. The van der Waals surface area contributed by atoms with Gasteiger partial charge in [0.15, 0.2) is 0 Å². The Morgan fingerprint density at radius 3 is 2.70 bits per heavy atom. The highest BCUT2D eigenvalue weighted by Gasteiger charge is 2.30. The van der Waals surface area contributed by atoms with Gasteiger partial charge in [-0.25, -0.2) is 0 Å². The quantitative estimate of drug-likeness (QED) is 0.916. The number of carbonyl (C=O) groups excluding carboxylic acids is 1. The first-order chi connectivity index (χ1) is 11.1. The zero-order chi connectivity index (χ0) is 16.2. The zero-order valence-corrected chi connectivity index (χ0v) is 12.8. The third-order valence-corrected chi connectivity index (χ3v) is 4.15. The number of benzene rings is 1. The van der Waals surface area contributed by atoms with E-state index in [1.807, 2.05) is 29.1 Å². The summed E-state index contributed by atoms with van der Waals surface area (Å²) in [4.78, 5) is 25.2. The molecular weight excluding hydrogens is 294 g/mol. The smallest absolute Gasteiger partial charge is 0.305 e. The Hall–Kier alpha value is -2.63. The highest BCUT2D eigenvalue weighted by atomic mass is 16.4. The summed E-state index contributed by atoms with van der Waals surface area (Å²) < 4.78 is 1.82. The Kier molecular flexibility index (Phi) is 4.41. The summed E-state index contributed by atoms with van der Waals surface area (Å²) in [7, 11) is 0. The van der Waals surface area contributed by atoms with Crippen LogP contribution in [-0.2, 0) is 11.3 Å². The van der Waals surface area contributed by atoms with E-state index >= 15 is 0 Å². The second-order valence-corrected chi connectivity index (χ2v) is 5.79. The molecule has 2 heterocycles. The van der Waals surface area contributed by atoms with Gasteiger partial charge in [-0.1, -0.05) is 12.1 Å². The Bertz CT molecular complexity index is 680. The van der Waals surface area contributed by atoms with Gasteiger partial charge in [0.25, 0.3) is 5.91 Å². The Labute approximate surface area is 134 Å². The Morgan fingerprint density at radius 1 is 1.26 bits per heavy atom. The molecule has 1 aliphatic heterocycles. The van der Waals surface area contributed by atoms with Crippen LogP contribution in [0.25, 0.3) is 0 Å². The summed E-state index contributed by atoms with van der Waals surface area (Å²) in [5, 5.41) is 13.1. The van der Waals surface area contributed by atoms with Crippen molar-refractivity contribution in [1.29, 1.82) is 0 Å². The van der Waals surface area contributed by atoms with Crippen LogP contribution in [0.5, 0.6) is 0 Å². The van der Waals surface area contributed by atoms with E-state index in [2.05, 4.69) is 5.10 Å². The van der Waals surface area contributed by atoms with E-state index in [1.54, 1.807) is 23.2 Å². The Morgan fingerprint density at radius 2 is 2.04 bits per heavy atom. The van der Waals surface area contributed by atoms with E-state index in [-0.39, 0.29) is 18.4 Å². The van der Waals surface area contributed by atoms with E-state index in [9.17, 15) is 9.59 Å². The lowest BCUT2D eigenvalue weighted by atomic mass is 10.1. The number of carboxylic acids is 1. The topological polar surface area (TPSA) is 75.4 Å². The monoisotopic (exact) mass is 313 g/mol. The van der Waals surface area contributed by atoms with E-state index < -0.39 is 5.97 Å². The molecule has 1 unspecified atom stereocenters. The molecule has 1 atom stereocenters. The van der Waals surface area contributed by atoms with Gasteiger partial charge in [-0.05, 0) is 36.6 Å². The molecule has 1 fully saturated rings. The lowest BCUT2D eigenvalue weighted by Gasteiger charge is -2.23. The molecule has 1 aromatic heterocycles. The maximum Gasteiger partial charge on any atom is 0.305 e. The summed E-state index contributed by atoms with van der Waals surface area (Å²) in [6, 6.07) is 9.11. The lowest BCUT2D eigenvalue weighted by molar-refractivity contribution is -0.137. The molecule has 6 heteroatoms. The molecule has 0 saturated carbocycles. The van der Waals surface area contributed by atoms with Crippen molar-refractivity contribution in [3.05, 3.63) is 53.9 Å². The second kappa shape index (κ2) is 6.64.